The first kappa shape index (κ1) is 17.1. The zero-order valence-corrected chi connectivity index (χ0v) is 12.6. The summed E-state index contributed by atoms with van der Waals surface area (Å²) in [5.74, 6) is -1.79. The zero-order valence-electron chi connectivity index (χ0n) is 12.6. The summed E-state index contributed by atoms with van der Waals surface area (Å²) >= 11 is 0. The number of aliphatic imine (C=N–C) groups is 2. The summed E-state index contributed by atoms with van der Waals surface area (Å²) in [6.45, 7) is -0.0136. The Morgan fingerprint density at radius 3 is 2.28 bits per heavy atom. The van der Waals surface area contributed by atoms with Crippen molar-refractivity contribution in [1.82, 2.24) is 0 Å². The van der Waals surface area contributed by atoms with Crippen LogP contribution in [-0.4, -0.2) is 24.9 Å². The second kappa shape index (κ2) is 6.62. The molecule has 0 amide bonds. The normalized spacial score (nSPS) is 17.6. The maximum atomic E-state index is 13.7. The highest BCUT2D eigenvalue weighted by molar-refractivity contribution is 5.95. The van der Waals surface area contributed by atoms with E-state index in [2.05, 4.69) is 9.98 Å². The van der Waals surface area contributed by atoms with Crippen molar-refractivity contribution in [3.05, 3.63) is 70.8 Å². The highest BCUT2D eigenvalue weighted by Crippen LogP contribution is 2.29. The molecule has 1 aliphatic rings. The Labute approximate surface area is 139 Å². The minimum Gasteiger partial charge on any atom is -0.473 e. The van der Waals surface area contributed by atoms with Crippen LogP contribution in [0.1, 0.15) is 16.7 Å². The lowest BCUT2D eigenvalue weighted by Gasteiger charge is -2.05. The van der Waals surface area contributed by atoms with Gasteiger partial charge in [-0.1, -0.05) is 18.2 Å². The van der Waals surface area contributed by atoms with E-state index >= 15 is 0 Å². The lowest BCUT2D eigenvalue weighted by atomic mass is 10.1. The summed E-state index contributed by atoms with van der Waals surface area (Å²) in [5, 5.41) is 0. The van der Waals surface area contributed by atoms with Crippen LogP contribution in [0.25, 0.3) is 0 Å². The van der Waals surface area contributed by atoms with Crippen LogP contribution in [0.5, 0.6) is 0 Å². The zero-order chi connectivity index (χ0) is 18.0. The average molecular weight is 354 g/mol. The molecule has 0 fully saturated rings. The topological polar surface area (TPSA) is 34.0 Å². The van der Waals surface area contributed by atoms with Crippen molar-refractivity contribution in [3.63, 3.8) is 0 Å². The molecule has 0 spiro atoms. The van der Waals surface area contributed by atoms with Crippen LogP contribution in [0.3, 0.4) is 0 Å². The highest BCUT2D eigenvalue weighted by atomic mass is 19.4. The molecule has 1 heterocycles. The number of hydrogen-bond donors (Lipinski definition) is 0. The van der Waals surface area contributed by atoms with Crippen LogP contribution in [0.4, 0.5) is 22.0 Å². The van der Waals surface area contributed by atoms with Gasteiger partial charge in [-0.2, -0.15) is 13.2 Å². The lowest BCUT2D eigenvalue weighted by molar-refractivity contribution is -0.137. The molecular weight excluding hydrogens is 343 g/mol. The molecule has 1 aliphatic heterocycles. The van der Waals surface area contributed by atoms with Crippen molar-refractivity contribution in [3.8, 4) is 0 Å². The number of alkyl halides is 3. The minimum atomic E-state index is -4.40. The van der Waals surface area contributed by atoms with E-state index in [1.54, 1.807) is 0 Å². The van der Waals surface area contributed by atoms with Crippen LogP contribution in [0.15, 0.2) is 52.4 Å². The van der Waals surface area contributed by atoms with Crippen molar-refractivity contribution in [2.75, 3.05) is 6.61 Å². The van der Waals surface area contributed by atoms with Crippen LogP contribution in [-0.2, 0) is 10.9 Å². The van der Waals surface area contributed by atoms with Gasteiger partial charge in [-0.05, 0) is 29.8 Å². The fraction of sp³-hybridized carbons (Fsp3) is 0.176. The van der Waals surface area contributed by atoms with Gasteiger partial charge in [0.2, 0.25) is 5.90 Å². The largest absolute Gasteiger partial charge is 0.473 e. The fourth-order valence-corrected chi connectivity index (χ4v) is 2.21. The molecule has 3 nitrogen and oxygen atoms in total. The number of ether oxygens (including phenoxy) is 1. The summed E-state index contributed by atoms with van der Waals surface area (Å²) in [6, 6.07) is 7.81. The average Bonchev–Trinajstić information content (AvgIpc) is 3.01. The molecule has 8 heteroatoms. The highest BCUT2D eigenvalue weighted by Gasteiger charge is 2.30. The SMILES string of the molecule is Fc1cccc(F)c1C1=NC(N=Cc2ccc(C(F)(F)F)cc2)CO1. The van der Waals surface area contributed by atoms with E-state index in [0.29, 0.717) is 5.56 Å². The molecule has 3 rings (SSSR count). The standard InChI is InChI=1S/C17H11F5N2O/c18-12-2-1-3-13(19)15(12)16-24-14(9-25-16)23-8-10-4-6-11(7-5-10)17(20,21)22/h1-8,14H,9H2. The predicted octanol–water partition coefficient (Wildman–Crippen LogP) is 4.21. The second-order valence-electron chi connectivity index (χ2n) is 5.22. The smallest absolute Gasteiger partial charge is 0.416 e. The lowest BCUT2D eigenvalue weighted by Crippen LogP contribution is -2.07. The molecule has 2 aromatic carbocycles. The minimum absolute atomic E-state index is 0.0136. The van der Waals surface area contributed by atoms with E-state index in [4.69, 9.17) is 4.74 Å². The molecule has 0 saturated carbocycles. The van der Waals surface area contributed by atoms with Crippen LogP contribution < -0.4 is 0 Å². The molecule has 1 unspecified atom stereocenters. The second-order valence-corrected chi connectivity index (χ2v) is 5.22. The van der Waals surface area contributed by atoms with Gasteiger partial charge in [0.25, 0.3) is 0 Å². The van der Waals surface area contributed by atoms with Crippen molar-refractivity contribution >= 4 is 12.1 Å². The summed E-state index contributed by atoms with van der Waals surface area (Å²) in [6.07, 6.45) is -3.80. The first-order valence-corrected chi connectivity index (χ1v) is 7.20. The third-order valence-electron chi connectivity index (χ3n) is 3.45. The third kappa shape index (κ3) is 3.84. The predicted molar refractivity (Wildman–Crippen MR) is 81.7 cm³/mol. The maximum absolute atomic E-state index is 13.7. The van der Waals surface area contributed by atoms with Crippen LogP contribution in [0, 0.1) is 11.6 Å². The Hall–Kier alpha value is -2.77. The van der Waals surface area contributed by atoms with Crippen LogP contribution in [0.2, 0.25) is 0 Å². The molecule has 0 N–H and O–H groups in total. The summed E-state index contributed by atoms with van der Waals surface area (Å²) in [4.78, 5) is 8.05. The van der Waals surface area contributed by atoms with Gasteiger partial charge < -0.3 is 4.74 Å². The molecule has 25 heavy (non-hydrogen) atoms. The molecule has 0 bridgehead atoms. The van der Waals surface area contributed by atoms with E-state index in [-0.39, 0.29) is 18.1 Å². The number of benzene rings is 2. The molecular formula is C17H11F5N2O. The Morgan fingerprint density at radius 2 is 1.68 bits per heavy atom. The van der Waals surface area contributed by atoms with Crippen molar-refractivity contribution in [1.29, 1.82) is 0 Å². The van der Waals surface area contributed by atoms with E-state index in [0.717, 1.165) is 24.3 Å². The molecule has 0 radical (unpaired) electrons. The van der Waals surface area contributed by atoms with E-state index in [1.807, 2.05) is 0 Å². The van der Waals surface area contributed by atoms with Gasteiger partial charge in [0.1, 0.15) is 23.8 Å². The van der Waals surface area contributed by atoms with Gasteiger partial charge in [0.15, 0.2) is 6.17 Å². The van der Waals surface area contributed by atoms with Crippen molar-refractivity contribution in [2.45, 2.75) is 12.3 Å². The first-order valence-electron chi connectivity index (χ1n) is 7.20. The van der Waals surface area contributed by atoms with Gasteiger partial charge in [-0.3, -0.25) is 4.99 Å². The van der Waals surface area contributed by atoms with E-state index in [9.17, 15) is 22.0 Å². The van der Waals surface area contributed by atoms with Crippen molar-refractivity contribution < 1.29 is 26.7 Å². The quantitative estimate of drug-likeness (QED) is 0.601. The first-order chi connectivity index (χ1) is 11.8. The fourth-order valence-electron chi connectivity index (χ4n) is 2.21. The Morgan fingerprint density at radius 1 is 1.04 bits per heavy atom. The molecule has 2 aromatic rings. The molecule has 130 valence electrons. The summed E-state index contributed by atoms with van der Waals surface area (Å²) in [5.41, 5.74) is -0.687. The molecule has 1 atom stereocenters. The van der Waals surface area contributed by atoms with Crippen molar-refractivity contribution in [2.24, 2.45) is 9.98 Å². The number of halogens is 5. The van der Waals surface area contributed by atoms with Gasteiger partial charge >= 0.3 is 6.18 Å². The van der Waals surface area contributed by atoms with Gasteiger partial charge in [-0.25, -0.2) is 13.8 Å². The van der Waals surface area contributed by atoms with Gasteiger partial charge in [0, 0.05) is 6.21 Å². The third-order valence-corrected chi connectivity index (χ3v) is 3.45. The van der Waals surface area contributed by atoms with Gasteiger partial charge in [-0.15, -0.1) is 0 Å². The van der Waals surface area contributed by atoms with Crippen LogP contribution >= 0.6 is 0 Å². The summed E-state index contributed by atoms with van der Waals surface area (Å²) < 4.78 is 70.0. The van der Waals surface area contributed by atoms with Gasteiger partial charge in [0.05, 0.1) is 5.56 Å². The Balaban J connectivity index is 1.74. The Bertz CT molecular complexity index is 808. The maximum Gasteiger partial charge on any atom is 0.416 e. The summed E-state index contributed by atoms with van der Waals surface area (Å²) in [7, 11) is 0. The number of hydrogen-bond acceptors (Lipinski definition) is 3. The molecule has 0 aliphatic carbocycles. The van der Waals surface area contributed by atoms with E-state index in [1.165, 1.54) is 24.4 Å². The molecule has 0 saturated heterocycles. The Kier molecular flexibility index (Phi) is 4.52. The monoisotopic (exact) mass is 354 g/mol. The van der Waals surface area contributed by atoms with E-state index < -0.39 is 29.5 Å². The number of rotatable bonds is 3. The molecule has 0 aromatic heterocycles. The number of nitrogens with zero attached hydrogens (tertiary/aromatic N) is 2.